The van der Waals surface area contributed by atoms with E-state index in [-0.39, 0.29) is 63.1 Å². The molecule has 6 N–H and O–H groups in total. The molecule has 394 valence electrons. The molecule has 2 unspecified atom stereocenters. The van der Waals surface area contributed by atoms with Gasteiger partial charge in [0.2, 0.25) is 23.8 Å². The number of benzene rings is 2. The number of primary amides is 1. The highest BCUT2D eigenvalue weighted by atomic mass is 32.1. The van der Waals surface area contributed by atoms with Crippen molar-refractivity contribution >= 4 is 64.9 Å². The van der Waals surface area contributed by atoms with Gasteiger partial charge < -0.3 is 55.7 Å². The summed E-state index contributed by atoms with van der Waals surface area (Å²) in [4.78, 5) is 118. The molecule has 3 heterocycles. The van der Waals surface area contributed by atoms with Gasteiger partial charge >= 0.3 is 24.2 Å². The fourth-order valence-electron chi connectivity index (χ4n) is 8.64. The summed E-state index contributed by atoms with van der Waals surface area (Å²) in [5, 5.41) is 10.9. The van der Waals surface area contributed by atoms with Gasteiger partial charge in [-0.2, -0.15) is 0 Å². The summed E-state index contributed by atoms with van der Waals surface area (Å²) in [6.45, 7) is 14.1. The molecule has 1 saturated carbocycles. The molecule has 1 aliphatic carbocycles. The van der Waals surface area contributed by atoms with E-state index in [2.05, 4.69) is 37.7 Å². The Morgan fingerprint density at radius 1 is 0.959 bits per heavy atom. The van der Waals surface area contributed by atoms with Gasteiger partial charge in [-0.25, -0.2) is 19.4 Å². The van der Waals surface area contributed by atoms with Crippen molar-refractivity contribution in [2.75, 3.05) is 58.2 Å². The smallest absolute Gasteiger partial charge is 0.461 e. The van der Waals surface area contributed by atoms with Crippen LogP contribution >= 0.6 is 11.3 Å². The zero-order valence-corrected chi connectivity index (χ0v) is 43.0. The lowest BCUT2D eigenvalue weighted by molar-refractivity contribution is -0.167. The minimum absolute atomic E-state index is 0.0650. The van der Waals surface area contributed by atoms with Crippen LogP contribution in [0, 0.1) is 12.3 Å². The molecule has 0 radical (unpaired) electrons. The molecule has 2 aromatic carbocycles. The van der Waals surface area contributed by atoms with Crippen LogP contribution < -0.4 is 27.0 Å². The maximum absolute atomic E-state index is 14.2. The lowest BCUT2D eigenvalue weighted by atomic mass is 9.68. The fourth-order valence-corrected chi connectivity index (χ4v) is 9.45. The summed E-state index contributed by atoms with van der Waals surface area (Å²) in [5.41, 5.74) is 7.89. The normalized spacial score (nSPS) is 18.7. The number of aromatic nitrogens is 1. The number of hydrogen-bond donors (Lipinski definition) is 5. The zero-order valence-electron chi connectivity index (χ0n) is 42.2. The van der Waals surface area contributed by atoms with E-state index in [1.165, 1.54) is 46.6 Å². The highest BCUT2D eigenvalue weighted by molar-refractivity contribution is 7.13. The Bertz CT molecular complexity index is 2480. The second-order valence-corrected chi connectivity index (χ2v) is 20.4. The number of aryl methyl sites for hydroxylation is 1. The van der Waals surface area contributed by atoms with Gasteiger partial charge in [0, 0.05) is 50.4 Å². The van der Waals surface area contributed by atoms with Crippen molar-refractivity contribution in [1.29, 1.82) is 0 Å². The number of urea groups is 1. The third-order valence-corrected chi connectivity index (χ3v) is 13.9. The Morgan fingerprint density at radius 2 is 1.63 bits per heavy atom. The van der Waals surface area contributed by atoms with E-state index >= 15 is 0 Å². The number of thiazole rings is 1. The summed E-state index contributed by atoms with van der Waals surface area (Å²) in [5.74, 6) is -3.01. The number of piperazine rings is 1. The minimum atomic E-state index is -1.50. The molecule has 21 nitrogen and oxygen atoms in total. The number of rotatable bonds is 19. The van der Waals surface area contributed by atoms with Crippen LogP contribution in [0.1, 0.15) is 95.2 Å². The zero-order chi connectivity index (χ0) is 53.0. The number of nitrogens with zero attached hydrogens (tertiary/aromatic N) is 4. The summed E-state index contributed by atoms with van der Waals surface area (Å²) in [6, 6.07) is 10.3. The molecule has 22 heteroatoms. The number of esters is 1. The number of carbonyl (C=O) groups is 8. The number of ether oxygens (including phenoxy) is 4. The molecule has 3 aromatic rings. The Labute approximate surface area is 428 Å². The van der Waals surface area contributed by atoms with E-state index < -0.39 is 89.2 Å². The van der Waals surface area contributed by atoms with Crippen molar-refractivity contribution in [3.05, 3.63) is 83.5 Å². The Morgan fingerprint density at radius 3 is 2.22 bits per heavy atom. The Balaban J connectivity index is 1.15. The van der Waals surface area contributed by atoms with E-state index in [0.29, 0.717) is 32.6 Å². The molecule has 2 aliphatic heterocycles. The number of carbonyl (C=O) groups excluding carboxylic acids is 8. The van der Waals surface area contributed by atoms with Gasteiger partial charge in [0.25, 0.3) is 5.91 Å². The summed E-state index contributed by atoms with van der Waals surface area (Å²) in [6.07, 6.45) is -1.82. The summed E-state index contributed by atoms with van der Waals surface area (Å²) in [7, 11) is 1.93. The first kappa shape index (κ1) is 55.2. The van der Waals surface area contributed by atoms with E-state index in [1.54, 1.807) is 31.2 Å². The molecule has 0 spiro atoms. The highest BCUT2D eigenvalue weighted by Gasteiger charge is 2.53. The van der Waals surface area contributed by atoms with E-state index in [4.69, 9.17) is 24.7 Å². The largest absolute Gasteiger partial charge is 0.509 e. The third-order valence-electron chi connectivity index (χ3n) is 12.9. The molecule has 6 rings (SSSR count). The molecule has 3 aliphatic rings. The van der Waals surface area contributed by atoms with E-state index in [1.807, 2.05) is 45.2 Å². The van der Waals surface area contributed by atoms with Crippen molar-refractivity contribution in [3.63, 3.8) is 0 Å². The molecule has 5 atom stereocenters. The van der Waals surface area contributed by atoms with Crippen LogP contribution in [0.5, 0.6) is 0 Å². The number of nitrogens with one attached hydrogen (secondary N) is 4. The third kappa shape index (κ3) is 14.6. The number of anilines is 1. The van der Waals surface area contributed by atoms with Crippen molar-refractivity contribution in [2.45, 2.75) is 109 Å². The van der Waals surface area contributed by atoms with Gasteiger partial charge in [-0.05, 0) is 90.6 Å². The standard InChI is InChI=1S/C51H67N9O12S/c1-8-27-69-46(65)51(20-10-21-51)45(64)57-38(11-9-22-53-47(52)66)42(61)56-36-18-16-34(17-19-36)40(44(63)59-25-23-58(7)24-26-59)71-49(68)70-37-28-39(60(29-37)48(67)72-50(4,5)6)43(62)55-31(2)33-12-14-35(15-13-33)41-32(3)54-30-73-41/h8,12-19,30-31,37-40H,1,9-11,20-29H2,2-7H3,(H,55,62)(H,56,61)(H,57,64)(H3,52,53,66)/t31-,37+,38?,39-,40?/m0/s1. The molecule has 7 amide bonds. The predicted molar refractivity (Wildman–Crippen MR) is 270 cm³/mol. The second kappa shape index (κ2) is 24.6. The number of nitrogens with two attached hydrogens (primary N) is 1. The van der Waals surface area contributed by atoms with Crippen LogP contribution in [-0.4, -0.2) is 144 Å². The fraction of sp³-hybridized carbons (Fsp3) is 0.510. The van der Waals surface area contributed by atoms with Gasteiger partial charge in [-0.3, -0.25) is 28.9 Å². The van der Waals surface area contributed by atoms with Crippen LogP contribution in [-0.2, 0) is 42.9 Å². The first-order valence-corrected chi connectivity index (χ1v) is 25.2. The van der Waals surface area contributed by atoms with Crippen molar-refractivity contribution < 1.29 is 57.3 Å². The molecule has 0 bridgehead atoms. The van der Waals surface area contributed by atoms with Crippen LogP contribution in [0.3, 0.4) is 0 Å². The lowest BCUT2D eigenvalue weighted by Crippen LogP contribution is -2.56. The van der Waals surface area contributed by atoms with Gasteiger partial charge in [-0.15, -0.1) is 11.3 Å². The average Bonchev–Trinajstić information content (AvgIpc) is 3.96. The predicted octanol–water partition coefficient (Wildman–Crippen LogP) is 5.11. The lowest BCUT2D eigenvalue weighted by Gasteiger charge is -2.38. The number of likely N-dealkylation sites (tertiary alicyclic amines) is 1. The summed E-state index contributed by atoms with van der Waals surface area (Å²) < 4.78 is 22.5. The SMILES string of the molecule is C=CCOC(=O)C1(C(=O)NC(CCCNC(N)=O)C(=O)Nc2ccc(C(OC(=O)O[C@@H]3C[C@@H](C(=O)N[C@@H](C)c4ccc(-c5scnc5C)cc4)N(C(=O)OC(C)(C)C)C3)C(=O)N3CCN(C)CC3)cc2)CCC1. The monoisotopic (exact) mass is 1030 g/mol. The minimum Gasteiger partial charge on any atom is -0.461 e. The van der Waals surface area contributed by atoms with Gasteiger partial charge in [0.1, 0.15) is 35.8 Å². The quantitative estimate of drug-likeness (QED) is 0.0343. The van der Waals surface area contributed by atoms with Crippen LogP contribution in [0.15, 0.2) is 66.7 Å². The van der Waals surface area contributed by atoms with Crippen LogP contribution in [0.4, 0.5) is 20.1 Å². The van der Waals surface area contributed by atoms with Gasteiger partial charge in [0.15, 0.2) is 0 Å². The first-order valence-electron chi connectivity index (χ1n) is 24.4. The summed E-state index contributed by atoms with van der Waals surface area (Å²) >= 11 is 1.54. The van der Waals surface area contributed by atoms with Crippen molar-refractivity contribution in [1.82, 2.24) is 35.6 Å². The number of hydrogen-bond acceptors (Lipinski definition) is 15. The Kier molecular flexibility index (Phi) is 18.6. The maximum Gasteiger partial charge on any atom is 0.509 e. The van der Waals surface area contributed by atoms with Gasteiger partial charge in [0.05, 0.1) is 28.7 Å². The number of amides is 7. The molecular formula is C51H67N9O12S. The topological polar surface area (TPSA) is 270 Å². The van der Waals surface area contributed by atoms with Crippen molar-refractivity contribution in [2.24, 2.45) is 11.1 Å². The molecular weight excluding hydrogens is 963 g/mol. The van der Waals surface area contributed by atoms with Gasteiger partial charge in [-0.1, -0.05) is 55.5 Å². The van der Waals surface area contributed by atoms with Crippen molar-refractivity contribution in [3.8, 4) is 10.4 Å². The van der Waals surface area contributed by atoms with Crippen LogP contribution in [0.25, 0.3) is 10.4 Å². The van der Waals surface area contributed by atoms with E-state index in [9.17, 15) is 38.4 Å². The molecule has 3 fully saturated rings. The highest BCUT2D eigenvalue weighted by Crippen LogP contribution is 2.42. The average molecular weight is 1030 g/mol. The first-order chi connectivity index (χ1) is 34.7. The maximum atomic E-state index is 14.2. The second-order valence-electron chi connectivity index (χ2n) is 19.5. The number of likely N-dealkylation sites (N-methyl/N-ethyl adjacent to an activating group) is 1. The molecule has 2 saturated heterocycles. The van der Waals surface area contributed by atoms with Crippen LogP contribution in [0.2, 0.25) is 0 Å². The molecule has 1 aromatic heterocycles. The molecule has 73 heavy (non-hydrogen) atoms. The Hall–Kier alpha value is -7.07. The van der Waals surface area contributed by atoms with E-state index in [0.717, 1.165) is 21.7 Å².